The second-order valence-electron chi connectivity index (χ2n) is 5.43. The molecule has 1 atom stereocenters. The van der Waals surface area contributed by atoms with Gasteiger partial charge < -0.3 is 15.4 Å². The first-order valence-electron chi connectivity index (χ1n) is 7.79. The highest BCUT2D eigenvalue weighted by Crippen LogP contribution is 2.15. The van der Waals surface area contributed by atoms with E-state index in [1.54, 1.807) is 62.5 Å². The lowest BCUT2D eigenvalue weighted by Gasteiger charge is -2.15. The van der Waals surface area contributed by atoms with Crippen molar-refractivity contribution in [2.24, 2.45) is 0 Å². The number of hydrogen-bond donors (Lipinski definition) is 2. The summed E-state index contributed by atoms with van der Waals surface area (Å²) < 4.78 is 5.56. The predicted octanol–water partition coefficient (Wildman–Crippen LogP) is 2.25. The van der Waals surface area contributed by atoms with Crippen LogP contribution in [0.25, 0.3) is 0 Å². The van der Waals surface area contributed by atoms with Crippen molar-refractivity contribution in [2.45, 2.75) is 19.4 Å². The third-order valence-corrected chi connectivity index (χ3v) is 3.53. The molecule has 0 fully saturated rings. The van der Waals surface area contributed by atoms with Gasteiger partial charge in [-0.05, 0) is 48.9 Å². The SMILES string of the molecule is CNC(=O)Cc1ccc(NC(=O)C(C)Oc2ccc(C#N)cc2)cc1. The molecule has 2 aromatic rings. The quantitative estimate of drug-likeness (QED) is 0.846. The number of hydrogen-bond acceptors (Lipinski definition) is 4. The van der Waals surface area contributed by atoms with Gasteiger partial charge in [-0.15, -0.1) is 0 Å². The normalized spacial score (nSPS) is 11.1. The molecule has 2 rings (SSSR count). The Hall–Kier alpha value is -3.33. The van der Waals surface area contributed by atoms with Gasteiger partial charge in [0.25, 0.3) is 5.91 Å². The van der Waals surface area contributed by atoms with E-state index in [0.29, 0.717) is 23.4 Å². The van der Waals surface area contributed by atoms with Gasteiger partial charge >= 0.3 is 0 Å². The molecule has 0 spiro atoms. The lowest BCUT2D eigenvalue weighted by atomic mass is 10.1. The fraction of sp³-hybridized carbons (Fsp3) is 0.211. The van der Waals surface area contributed by atoms with Crippen LogP contribution in [0.4, 0.5) is 5.69 Å². The molecule has 6 nitrogen and oxygen atoms in total. The largest absolute Gasteiger partial charge is 0.481 e. The fourth-order valence-corrected chi connectivity index (χ4v) is 2.09. The van der Waals surface area contributed by atoms with E-state index < -0.39 is 6.10 Å². The Morgan fingerprint density at radius 3 is 2.32 bits per heavy atom. The minimum absolute atomic E-state index is 0.0683. The standard InChI is InChI=1S/C19H19N3O3/c1-13(25-17-9-5-15(12-20)6-10-17)19(24)22-16-7-3-14(4-8-16)11-18(23)21-2/h3-10,13H,11H2,1-2H3,(H,21,23)(H,22,24). The van der Waals surface area contributed by atoms with Gasteiger partial charge in [-0.2, -0.15) is 5.26 Å². The zero-order chi connectivity index (χ0) is 18.2. The van der Waals surface area contributed by atoms with E-state index in [9.17, 15) is 9.59 Å². The van der Waals surface area contributed by atoms with E-state index in [0.717, 1.165) is 5.56 Å². The van der Waals surface area contributed by atoms with Gasteiger partial charge in [-0.3, -0.25) is 9.59 Å². The molecule has 0 saturated carbocycles. The molecule has 0 bridgehead atoms. The Kier molecular flexibility index (Phi) is 6.13. The molecule has 2 aromatic carbocycles. The number of ether oxygens (including phenoxy) is 1. The number of carbonyl (C=O) groups is 2. The van der Waals surface area contributed by atoms with Crippen LogP contribution in [-0.4, -0.2) is 25.0 Å². The van der Waals surface area contributed by atoms with Crippen LogP contribution in [0.5, 0.6) is 5.75 Å². The Morgan fingerprint density at radius 1 is 1.12 bits per heavy atom. The summed E-state index contributed by atoms with van der Waals surface area (Å²) in [4.78, 5) is 23.5. The number of likely N-dealkylation sites (N-methyl/N-ethyl adjacent to an activating group) is 1. The van der Waals surface area contributed by atoms with Crippen LogP contribution >= 0.6 is 0 Å². The Morgan fingerprint density at radius 2 is 1.76 bits per heavy atom. The molecule has 0 aliphatic heterocycles. The van der Waals surface area contributed by atoms with Gasteiger partial charge in [0.1, 0.15) is 5.75 Å². The summed E-state index contributed by atoms with van der Waals surface area (Å²) in [6.07, 6.45) is -0.401. The second kappa shape index (κ2) is 8.50. The Bertz CT molecular complexity index is 777. The molecule has 2 N–H and O–H groups in total. The minimum Gasteiger partial charge on any atom is -0.481 e. The van der Waals surface area contributed by atoms with Crippen molar-refractivity contribution < 1.29 is 14.3 Å². The van der Waals surface area contributed by atoms with E-state index >= 15 is 0 Å². The lowest BCUT2D eigenvalue weighted by Crippen LogP contribution is -2.30. The van der Waals surface area contributed by atoms with Crippen LogP contribution in [0.15, 0.2) is 48.5 Å². The van der Waals surface area contributed by atoms with Crippen LogP contribution in [0.1, 0.15) is 18.1 Å². The van der Waals surface area contributed by atoms with Crippen molar-refractivity contribution in [3.05, 3.63) is 59.7 Å². The highest BCUT2D eigenvalue weighted by atomic mass is 16.5. The van der Waals surface area contributed by atoms with Crippen LogP contribution < -0.4 is 15.4 Å². The monoisotopic (exact) mass is 337 g/mol. The molecule has 25 heavy (non-hydrogen) atoms. The van der Waals surface area contributed by atoms with Crippen LogP contribution in [-0.2, 0) is 16.0 Å². The molecule has 0 aromatic heterocycles. The fourth-order valence-electron chi connectivity index (χ4n) is 2.09. The van der Waals surface area contributed by atoms with E-state index in [1.807, 2.05) is 6.07 Å². The van der Waals surface area contributed by atoms with Crippen molar-refractivity contribution in [1.29, 1.82) is 5.26 Å². The van der Waals surface area contributed by atoms with E-state index in [4.69, 9.17) is 10.00 Å². The smallest absolute Gasteiger partial charge is 0.265 e. The van der Waals surface area contributed by atoms with Crippen LogP contribution in [0.2, 0.25) is 0 Å². The summed E-state index contributed by atoms with van der Waals surface area (Å²) in [5.41, 5.74) is 2.02. The van der Waals surface area contributed by atoms with E-state index in [1.165, 1.54) is 0 Å². The molecular weight excluding hydrogens is 318 g/mol. The van der Waals surface area contributed by atoms with E-state index in [2.05, 4.69) is 10.6 Å². The average molecular weight is 337 g/mol. The minimum atomic E-state index is -0.696. The molecule has 0 radical (unpaired) electrons. The lowest BCUT2D eigenvalue weighted by molar-refractivity contribution is -0.122. The van der Waals surface area contributed by atoms with Gasteiger partial charge in [0, 0.05) is 12.7 Å². The molecule has 1 unspecified atom stereocenters. The number of nitriles is 1. The molecule has 0 heterocycles. The molecule has 0 aliphatic carbocycles. The molecule has 2 amide bonds. The Labute approximate surface area is 146 Å². The molecule has 128 valence electrons. The van der Waals surface area contributed by atoms with Crippen LogP contribution in [0.3, 0.4) is 0 Å². The average Bonchev–Trinajstić information content (AvgIpc) is 2.63. The summed E-state index contributed by atoms with van der Waals surface area (Å²) in [6, 6.07) is 15.6. The van der Waals surface area contributed by atoms with Crippen molar-refractivity contribution >= 4 is 17.5 Å². The summed E-state index contributed by atoms with van der Waals surface area (Å²) in [5.74, 6) is 0.159. The first-order chi connectivity index (χ1) is 12.0. The zero-order valence-electron chi connectivity index (χ0n) is 14.1. The maximum absolute atomic E-state index is 12.2. The molecule has 6 heteroatoms. The zero-order valence-corrected chi connectivity index (χ0v) is 14.1. The number of rotatable bonds is 6. The van der Waals surface area contributed by atoms with E-state index in [-0.39, 0.29) is 11.8 Å². The van der Waals surface area contributed by atoms with Crippen molar-refractivity contribution in [1.82, 2.24) is 5.32 Å². The maximum Gasteiger partial charge on any atom is 0.265 e. The first kappa shape index (κ1) is 18.0. The van der Waals surface area contributed by atoms with Gasteiger partial charge in [0.15, 0.2) is 6.10 Å². The number of anilines is 1. The van der Waals surface area contributed by atoms with Crippen molar-refractivity contribution in [3.63, 3.8) is 0 Å². The predicted molar refractivity (Wildman–Crippen MR) is 94.1 cm³/mol. The summed E-state index contributed by atoms with van der Waals surface area (Å²) in [7, 11) is 1.59. The number of carbonyl (C=O) groups excluding carboxylic acids is 2. The Balaban J connectivity index is 1.91. The summed E-state index contributed by atoms with van der Waals surface area (Å²) >= 11 is 0. The van der Waals surface area contributed by atoms with Crippen molar-refractivity contribution in [3.8, 4) is 11.8 Å². The highest BCUT2D eigenvalue weighted by Gasteiger charge is 2.15. The molecular formula is C19H19N3O3. The topological polar surface area (TPSA) is 91.2 Å². The number of nitrogens with zero attached hydrogens (tertiary/aromatic N) is 1. The maximum atomic E-state index is 12.2. The van der Waals surface area contributed by atoms with Gasteiger partial charge in [-0.1, -0.05) is 12.1 Å². The molecule has 0 aliphatic rings. The third kappa shape index (κ3) is 5.36. The van der Waals surface area contributed by atoms with Gasteiger partial charge in [0.05, 0.1) is 18.1 Å². The summed E-state index contributed by atoms with van der Waals surface area (Å²) in [6.45, 7) is 1.65. The summed E-state index contributed by atoms with van der Waals surface area (Å²) in [5, 5.41) is 14.1. The first-order valence-corrected chi connectivity index (χ1v) is 7.79. The van der Waals surface area contributed by atoms with Crippen LogP contribution in [0, 0.1) is 11.3 Å². The third-order valence-electron chi connectivity index (χ3n) is 3.53. The van der Waals surface area contributed by atoms with Gasteiger partial charge in [0.2, 0.25) is 5.91 Å². The van der Waals surface area contributed by atoms with Gasteiger partial charge in [-0.25, -0.2) is 0 Å². The highest BCUT2D eigenvalue weighted by molar-refractivity contribution is 5.94. The number of benzene rings is 2. The number of nitrogens with one attached hydrogen (secondary N) is 2. The second-order valence-corrected chi connectivity index (χ2v) is 5.43. The molecule has 0 saturated heterocycles. The number of amides is 2. The van der Waals surface area contributed by atoms with Crippen molar-refractivity contribution in [2.75, 3.05) is 12.4 Å².